The average molecular weight is 265 g/mol. The molecule has 0 saturated heterocycles. The fourth-order valence-electron chi connectivity index (χ4n) is 1.41. The van der Waals surface area contributed by atoms with Gasteiger partial charge in [0.05, 0.1) is 30.9 Å². The van der Waals surface area contributed by atoms with Crippen molar-refractivity contribution in [3.05, 3.63) is 0 Å². The number of ether oxygens (including phenoxy) is 2. The van der Waals surface area contributed by atoms with Crippen molar-refractivity contribution in [3.8, 4) is 0 Å². The highest BCUT2D eigenvalue weighted by molar-refractivity contribution is 8.14. The van der Waals surface area contributed by atoms with Gasteiger partial charge in [0.2, 0.25) is 0 Å². The molecule has 0 spiro atoms. The van der Waals surface area contributed by atoms with E-state index in [0.29, 0.717) is 13.2 Å². The molecule has 1 rings (SSSR count). The Kier molecular flexibility index (Phi) is 6.39. The van der Waals surface area contributed by atoms with Gasteiger partial charge in [-0.15, -0.1) is 0 Å². The van der Waals surface area contributed by atoms with Gasteiger partial charge in [-0.3, -0.25) is 4.99 Å². The lowest BCUT2D eigenvalue weighted by Gasteiger charge is -2.25. The van der Waals surface area contributed by atoms with Gasteiger partial charge in [-0.2, -0.15) is 0 Å². The smallest absolute Gasteiger partial charge is 0.129 e. The van der Waals surface area contributed by atoms with Gasteiger partial charge in [-0.05, 0) is 6.92 Å². The third-order valence-corrected chi connectivity index (χ3v) is 3.38. The van der Waals surface area contributed by atoms with Gasteiger partial charge in [-0.25, -0.2) is 0 Å². The largest absolute Gasteiger partial charge is 0.394 e. The van der Waals surface area contributed by atoms with E-state index < -0.39 is 18.3 Å². The minimum Gasteiger partial charge on any atom is -0.394 e. The van der Waals surface area contributed by atoms with Crippen LogP contribution in [0.3, 0.4) is 0 Å². The molecule has 1 heterocycles. The fraction of sp³-hybridized carbons (Fsp3) is 0.900. The van der Waals surface area contributed by atoms with Crippen LogP contribution in [0.5, 0.6) is 0 Å². The Morgan fingerprint density at radius 2 is 2.24 bits per heavy atom. The average Bonchev–Trinajstić information content (AvgIpc) is 2.73. The fourth-order valence-corrected chi connectivity index (χ4v) is 2.40. The van der Waals surface area contributed by atoms with Crippen molar-refractivity contribution in [1.82, 2.24) is 0 Å². The number of thioether (sulfide) groups is 1. The quantitative estimate of drug-likeness (QED) is 0.559. The summed E-state index contributed by atoms with van der Waals surface area (Å²) in [6.07, 6.45) is -2.85. The zero-order valence-electron chi connectivity index (χ0n) is 9.94. The number of aliphatic imine (C=N–C) groups is 1. The molecule has 1 aliphatic heterocycles. The van der Waals surface area contributed by atoms with E-state index >= 15 is 0 Å². The molecule has 0 fully saturated rings. The molecule has 0 amide bonds. The maximum absolute atomic E-state index is 9.61. The Hall–Kier alpha value is -0.180. The van der Waals surface area contributed by atoms with E-state index in [1.54, 1.807) is 7.11 Å². The molecule has 0 bridgehead atoms. The molecule has 0 radical (unpaired) electrons. The first-order chi connectivity index (χ1) is 8.08. The Morgan fingerprint density at radius 3 is 2.76 bits per heavy atom. The van der Waals surface area contributed by atoms with Crippen molar-refractivity contribution in [2.75, 3.05) is 26.9 Å². The van der Waals surface area contributed by atoms with Crippen molar-refractivity contribution in [2.45, 2.75) is 30.7 Å². The normalized spacial score (nSPS) is 25.5. The van der Waals surface area contributed by atoms with Crippen LogP contribution in [0, 0.1) is 0 Å². The Labute approximate surface area is 105 Å². The summed E-state index contributed by atoms with van der Waals surface area (Å²) in [6.45, 7) is 2.01. The molecule has 1 aliphatic rings. The van der Waals surface area contributed by atoms with Crippen molar-refractivity contribution >= 4 is 16.8 Å². The zero-order chi connectivity index (χ0) is 12.8. The van der Waals surface area contributed by atoms with E-state index in [1.807, 2.05) is 0 Å². The maximum Gasteiger partial charge on any atom is 0.129 e. The van der Waals surface area contributed by atoms with Crippen LogP contribution in [0.4, 0.5) is 0 Å². The summed E-state index contributed by atoms with van der Waals surface area (Å²) in [7, 11) is 1.59. The molecule has 100 valence electrons. The van der Waals surface area contributed by atoms with Gasteiger partial charge in [0, 0.05) is 7.11 Å². The molecule has 0 aromatic rings. The first-order valence-corrected chi connectivity index (χ1v) is 6.27. The lowest BCUT2D eigenvalue weighted by molar-refractivity contribution is -0.107. The molecular formula is C10H19NO5S. The molecule has 0 aromatic heterocycles. The van der Waals surface area contributed by atoms with E-state index in [0.717, 1.165) is 5.04 Å². The van der Waals surface area contributed by atoms with E-state index in [2.05, 4.69) is 4.99 Å². The van der Waals surface area contributed by atoms with E-state index in [-0.39, 0.29) is 12.0 Å². The minimum atomic E-state index is -1.10. The number of hydrogen-bond acceptors (Lipinski definition) is 7. The lowest BCUT2D eigenvalue weighted by Crippen LogP contribution is -2.41. The predicted molar refractivity (Wildman–Crippen MR) is 65.2 cm³/mol. The molecule has 17 heavy (non-hydrogen) atoms. The van der Waals surface area contributed by atoms with Crippen LogP contribution in [-0.2, 0) is 9.47 Å². The first kappa shape index (κ1) is 14.9. The third-order valence-electron chi connectivity index (χ3n) is 2.33. The summed E-state index contributed by atoms with van der Waals surface area (Å²) in [5, 5.41) is 28.8. The van der Waals surface area contributed by atoms with E-state index in [1.165, 1.54) is 18.7 Å². The standard InChI is InChI=1S/C10H19NO5S/c1-6(13)10(14)7(4-12)16-9-3-11-8(17-9)5-15-2/h6-7,9-10,12-14H,3-5H2,1-2H3/t6-,7-,9?,10+/m1/s1. The Balaban J connectivity index is 2.39. The van der Waals surface area contributed by atoms with Crippen LogP contribution >= 0.6 is 11.8 Å². The number of aliphatic hydroxyl groups is 3. The van der Waals surface area contributed by atoms with E-state index in [4.69, 9.17) is 14.6 Å². The second kappa shape index (κ2) is 7.30. The van der Waals surface area contributed by atoms with Crippen LogP contribution in [0.15, 0.2) is 4.99 Å². The molecule has 1 unspecified atom stereocenters. The van der Waals surface area contributed by atoms with Crippen molar-refractivity contribution in [2.24, 2.45) is 4.99 Å². The number of aliphatic hydroxyl groups excluding tert-OH is 3. The number of rotatable bonds is 7. The SMILES string of the molecule is COCC1=NCC(O[C@H](CO)[C@@H](O)[C@@H](C)O)S1. The Morgan fingerprint density at radius 1 is 1.53 bits per heavy atom. The molecule has 0 saturated carbocycles. The molecule has 4 atom stereocenters. The van der Waals surface area contributed by atoms with Gasteiger partial charge >= 0.3 is 0 Å². The van der Waals surface area contributed by atoms with Gasteiger partial charge < -0.3 is 24.8 Å². The van der Waals surface area contributed by atoms with Crippen LogP contribution in [-0.4, -0.2) is 71.0 Å². The summed E-state index contributed by atoms with van der Waals surface area (Å²) in [6, 6.07) is 0. The van der Waals surface area contributed by atoms with Crippen LogP contribution < -0.4 is 0 Å². The van der Waals surface area contributed by atoms with Gasteiger partial charge in [-0.1, -0.05) is 11.8 Å². The molecule has 3 N–H and O–H groups in total. The highest BCUT2D eigenvalue weighted by atomic mass is 32.2. The summed E-state index contributed by atoms with van der Waals surface area (Å²) in [5.74, 6) is 0. The second-order valence-electron chi connectivity index (χ2n) is 3.80. The predicted octanol–water partition coefficient (Wildman–Crippen LogP) is -0.777. The number of hydrogen-bond donors (Lipinski definition) is 3. The van der Waals surface area contributed by atoms with Crippen molar-refractivity contribution in [3.63, 3.8) is 0 Å². The first-order valence-electron chi connectivity index (χ1n) is 5.39. The summed E-state index contributed by atoms with van der Waals surface area (Å²) in [4.78, 5) is 4.20. The molecule has 6 nitrogen and oxygen atoms in total. The third kappa shape index (κ3) is 4.53. The van der Waals surface area contributed by atoms with Gasteiger partial charge in [0.25, 0.3) is 0 Å². The zero-order valence-corrected chi connectivity index (χ0v) is 10.8. The lowest BCUT2D eigenvalue weighted by atomic mass is 10.1. The van der Waals surface area contributed by atoms with Gasteiger partial charge in [0.1, 0.15) is 17.6 Å². The van der Waals surface area contributed by atoms with Crippen molar-refractivity contribution in [1.29, 1.82) is 0 Å². The molecular weight excluding hydrogens is 246 g/mol. The summed E-state index contributed by atoms with van der Waals surface area (Å²) < 4.78 is 10.4. The minimum absolute atomic E-state index is 0.245. The topological polar surface area (TPSA) is 91.5 Å². The molecule has 0 aromatic carbocycles. The monoisotopic (exact) mass is 265 g/mol. The van der Waals surface area contributed by atoms with Crippen LogP contribution in [0.25, 0.3) is 0 Å². The van der Waals surface area contributed by atoms with Crippen LogP contribution in [0.2, 0.25) is 0 Å². The van der Waals surface area contributed by atoms with E-state index in [9.17, 15) is 10.2 Å². The molecule has 7 heteroatoms. The van der Waals surface area contributed by atoms with Crippen molar-refractivity contribution < 1.29 is 24.8 Å². The number of nitrogens with zero attached hydrogens (tertiary/aromatic N) is 1. The Bertz CT molecular complexity index is 261. The second-order valence-corrected chi connectivity index (χ2v) is 5.04. The van der Waals surface area contributed by atoms with Crippen LogP contribution in [0.1, 0.15) is 6.92 Å². The highest BCUT2D eigenvalue weighted by Crippen LogP contribution is 2.24. The van der Waals surface area contributed by atoms with Gasteiger partial charge in [0.15, 0.2) is 0 Å². The highest BCUT2D eigenvalue weighted by Gasteiger charge is 2.29. The summed E-state index contributed by atoms with van der Waals surface area (Å²) >= 11 is 1.41. The summed E-state index contributed by atoms with van der Waals surface area (Å²) in [5.41, 5.74) is -0.245. The molecule has 0 aliphatic carbocycles. The maximum atomic E-state index is 9.61. The number of methoxy groups -OCH3 is 1.